The van der Waals surface area contributed by atoms with Crippen molar-refractivity contribution in [3.05, 3.63) is 65.7 Å². The first kappa shape index (κ1) is 24.5. The minimum Gasteiger partial charge on any atom is -0.497 e. The van der Waals surface area contributed by atoms with E-state index in [2.05, 4.69) is 10.6 Å². The second-order valence-corrected chi connectivity index (χ2v) is 7.81. The number of anilines is 1. The number of benzene rings is 2. The number of ether oxygens (including phenoxy) is 2. The molecule has 1 fully saturated rings. The first-order valence-corrected chi connectivity index (χ1v) is 10.8. The van der Waals surface area contributed by atoms with E-state index in [0.29, 0.717) is 5.75 Å². The first-order chi connectivity index (χ1) is 16.4. The molecule has 34 heavy (non-hydrogen) atoms. The van der Waals surface area contributed by atoms with Crippen molar-refractivity contribution in [3.63, 3.8) is 0 Å². The van der Waals surface area contributed by atoms with Gasteiger partial charge in [-0.25, -0.2) is 4.79 Å². The van der Waals surface area contributed by atoms with E-state index in [0.717, 1.165) is 18.4 Å². The molecule has 2 aromatic carbocycles. The molecule has 0 saturated heterocycles. The Labute approximate surface area is 197 Å². The van der Waals surface area contributed by atoms with Crippen molar-refractivity contribution in [2.24, 2.45) is 0 Å². The number of carbonyl (C=O) groups is 4. The van der Waals surface area contributed by atoms with Gasteiger partial charge in [0.05, 0.1) is 24.9 Å². The molecule has 3 amide bonds. The van der Waals surface area contributed by atoms with Gasteiger partial charge in [-0.2, -0.15) is 0 Å². The van der Waals surface area contributed by atoms with Crippen molar-refractivity contribution in [2.75, 3.05) is 32.6 Å². The summed E-state index contributed by atoms with van der Waals surface area (Å²) in [4.78, 5) is 50.1. The van der Waals surface area contributed by atoms with Gasteiger partial charge in [0.25, 0.3) is 5.91 Å². The molecule has 1 saturated carbocycles. The number of likely N-dealkylation sites (N-methyl/N-ethyl adjacent to an activating group) is 1. The smallest absolute Gasteiger partial charge is 0.340 e. The third-order valence-electron chi connectivity index (χ3n) is 5.02. The summed E-state index contributed by atoms with van der Waals surface area (Å²) in [5.74, 6) is -1.25. The highest BCUT2D eigenvalue weighted by molar-refractivity contribution is 6.06. The van der Waals surface area contributed by atoms with E-state index in [1.807, 2.05) is 0 Å². The fourth-order valence-corrected chi connectivity index (χ4v) is 2.95. The maximum Gasteiger partial charge on any atom is 0.340 e. The van der Waals surface area contributed by atoms with Crippen LogP contribution in [0, 0.1) is 0 Å². The summed E-state index contributed by atoms with van der Waals surface area (Å²) in [6.45, 7) is -0.633. The lowest BCUT2D eigenvalue weighted by atomic mass is 10.1. The fourth-order valence-electron chi connectivity index (χ4n) is 2.95. The lowest BCUT2D eigenvalue weighted by Crippen LogP contribution is -2.40. The minimum absolute atomic E-state index is 0.107. The third kappa shape index (κ3) is 7.47. The van der Waals surface area contributed by atoms with Crippen LogP contribution >= 0.6 is 0 Å². The summed E-state index contributed by atoms with van der Waals surface area (Å²) in [5.41, 5.74) is 1.16. The van der Waals surface area contributed by atoms with E-state index in [1.165, 1.54) is 24.1 Å². The van der Waals surface area contributed by atoms with E-state index >= 15 is 0 Å². The van der Waals surface area contributed by atoms with Crippen LogP contribution in [0.1, 0.15) is 28.8 Å². The summed E-state index contributed by atoms with van der Waals surface area (Å²) < 4.78 is 10.2. The second-order valence-electron chi connectivity index (χ2n) is 7.81. The Balaban J connectivity index is 1.53. The fraction of sp³-hybridized carbons (Fsp3) is 0.280. The highest BCUT2D eigenvalue weighted by Crippen LogP contribution is 2.19. The number of methoxy groups -OCH3 is 1. The summed E-state index contributed by atoms with van der Waals surface area (Å²) in [7, 11) is 3.04. The Hall–Kier alpha value is -4.14. The van der Waals surface area contributed by atoms with Gasteiger partial charge in [0, 0.05) is 19.2 Å². The third-order valence-corrected chi connectivity index (χ3v) is 5.02. The predicted molar refractivity (Wildman–Crippen MR) is 126 cm³/mol. The molecule has 9 heteroatoms. The largest absolute Gasteiger partial charge is 0.497 e. The van der Waals surface area contributed by atoms with Crippen LogP contribution in [0.5, 0.6) is 5.75 Å². The number of amides is 3. The van der Waals surface area contributed by atoms with Crippen LogP contribution in [0.3, 0.4) is 0 Å². The maximum absolute atomic E-state index is 12.5. The second kappa shape index (κ2) is 11.6. The quantitative estimate of drug-likeness (QED) is 0.411. The van der Waals surface area contributed by atoms with Crippen molar-refractivity contribution in [2.45, 2.75) is 18.9 Å². The molecule has 0 spiro atoms. The Kier molecular flexibility index (Phi) is 8.39. The van der Waals surface area contributed by atoms with Gasteiger partial charge in [-0.3, -0.25) is 14.4 Å². The number of esters is 1. The van der Waals surface area contributed by atoms with Crippen LogP contribution in [0.2, 0.25) is 0 Å². The molecule has 1 aliphatic rings. The van der Waals surface area contributed by atoms with E-state index < -0.39 is 24.4 Å². The summed E-state index contributed by atoms with van der Waals surface area (Å²) >= 11 is 0. The number of rotatable bonds is 10. The average Bonchev–Trinajstić information content (AvgIpc) is 3.65. The van der Waals surface area contributed by atoms with Gasteiger partial charge in [-0.1, -0.05) is 24.3 Å². The molecule has 0 bridgehead atoms. The molecule has 0 heterocycles. The molecule has 3 rings (SSSR count). The molecule has 1 aliphatic carbocycles. The summed E-state index contributed by atoms with van der Waals surface area (Å²) in [6.07, 6.45) is 4.88. The van der Waals surface area contributed by atoms with E-state index in [1.54, 1.807) is 55.7 Å². The normalized spacial score (nSPS) is 12.6. The van der Waals surface area contributed by atoms with Gasteiger partial charge in [0.1, 0.15) is 5.75 Å². The molecule has 2 aromatic rings. The van der Waals surface area contributed by atoms with Crippen molar-refractivity contribution < 1.29 is 28.7 Å². The Bertz CT molecular complexity index is 1080. The number of hydrogen-bond acceptors (Lipinski definition) is 6. The van der Waals surface area contributed by atoms with Crippen LogP contribution in [0.25, 0.3) is 6.08 Å². The molecular formula is C25H27N3O6. The summed E-state index contributed by atoms with van der Waals surface area (Å²) in [5, 5.41) is 5.44. The zero-order valence-electron chi connectivity index (χ0n) is 19.1. The molecule has 0 atom stereocenters. The van der Waals surface area contributed by atoms with Crippen molar-refractivity contribution in [3.8, 4) is 5.75 Å². The van der Waals surface area contributed by atoms with E-state index in [9.17, 15) is 19.2 Å². The van der Waals surface area contributed by atoms with Gasteiger partial charge >= 0.3 is 5.97 Å². The van der Waals surface area contributed by atoms with Crippen molar-refractivity contribution in [1.29, 1.82) is 0 Å². The lowest BCUT2D eigenvalue weighted by Gasteiger charge is -2.17. The number of nitrogens with zero attached hydrogens (tertiary/aromatic N) is 1. The number of nitrogens with one attached hydrogen (secondary N) is 2. The Morgan fingerprint density at radius 2 is 1.76 bits per heavy atom. The van der Waals surface area contributed by atoms with Crippen LogP contribution in [0.4, 0.5) is 5.69 Å². The van der Waals surface area contributed by atoms with Crippen LogP contribution in [0.15, 0.2) is 54.6 Å². The highest BCUT2D eigenvalue weighted by Gasteiger charge is 2.24. The summed E-state index contributed by atoms with van der Waals surface area (Å²) in [6, 6.07) is 13.7. The Morgan fingerprint density at radius 1 is 1.06 bits per heavy atom. The lowest BCUT2D eigenvalue weighted by molar-refractivity contribution is -0.137. The number of hydrogen-bond donors (Lipinski definition) is 2. The standard InChI is InChI=1S/C25H27N3O6/c1-28(15-23(30)26-18-10-11-18)24(31)16-34-25(32)20-5-3-4-6-21(20)27-22(29)14-9-17-7-12-19(33-2)13-8-17/h3-9,12-14,18H,10-11,15-16H2,1-2H3,(H,26,30)(H,27,29)/b14-9+. The topological polar surface area (TPSA) is 114 Å². The molecule has 0 unspecified atom stereocenters. The van der Waals surface area contributed by atoms with Crippen molar-refractivity contribution >= 4 is 35.5 Å². The molecule has 0 aromatic heterocycles. The minimum atomic E-state index is -0.765. The van der Waals surface area contributed by atoms with Gasteiger partial charge in [0.2, 0.25) is 11.8 Å². The number of carbonyl (C=O) groups excluding carboxylic acids is 4. The van der Waals surface area contributed by atoms with Gasteiger partial charge in [0.15, 0.2) is 6.61 Å². The maximum atomic E-state index is 12.5. The zero-order valence-corrected chi connectivity index (χ0v) is 19.1. The molecule has 2 N–H and O–H groups in total. The first-order valence-electron chi connectivity index (χ1n) is 10.8. The predicted octanol–water partition coefficient (Wildman–Crippen LogP) is 2.24. The SMILES string of the molecule is COc1ccc(/C=C/C(=O)Nc2ccccc2C(=O)OCC(=O)N(C)CC(=O)NC2CC2)cc1. The van der Waals surface area contributed by atoms with Crippen LogP contribution in [-0.2, 0) is 19.1 Å². The van der Waals surface area contributed by atoms with Gasteiger partial charge < -0.3 is 25.0 Å². The van der Waals surface area contributed by atoms with Crippen molar-refractivity contribution in [1.82, 2.24) is 10.2 Å². The van der Waals surface area contributed by atoms with Gasteiger partial charge in [-0.15, -0.1) is 0 Å². The highest BCUT2D eigenvalue weighted by atomic mass is 16.5. The van der Waals surface area contributed by atoms with E-state index in [-0.39, 0.29) is 29.7 Å². The molecule has 178 valence electrons. The number of para-hydroxylation sites is 1. The molecule has 0 aliphatic heterocycles. The van der Waals surface area contributed by atoms with Crippen LogP contribution in [-0.4, -0.2) is 61.9 Å². The molecule has 0 radical (unpaired) electrons. The van der Waals surface area contributed by atoms with Crippen LogP contribution < -0.4 is 15.4 Å². The Morgan fingerprint density at radius 3 is 2.44 bits per heavy atom. The molecular weight excluding hydrogens is 438 g/mol. The zero-order chi connectivity index (χ0) is 24.5. The van der Waals surface area contributed by atoms with Gasteiger partial charge in [-0.05, 0) is 48.7 Å². The monoisotopic (exact) mass is 465 g/mol. The van der Waals surface area contributed by atoms with E-state index in [4.69, 9.17) is 9.47 Å². The molecule has 9 nitrogen and oxygen atoms in total. The average molecular weight is 466 g/mol.